The first-order chi connectivity index (χ1) is 33.8. The molecule has 1 aliphatic rings. The van der Waals surface area contributed by atoms with Gasteiger partial charge in [-0.25, -0.2) is 0 Å². The van der Waals surface area contributed by atoms with Crippen LogP contribution in [0.4, 0.5) is 0 Å². The smallest absolute Gasteiger partial charge is 0.243 e. The summed E-state index contributed by atoms with van der Waals surface area (Å²) in [6.07, 6.45) is 3.92. The van der Waals surface area contributed by atoms with Crippen LogP contribution < -0.4 is 65.1 Å². The molecule has 1 aromatic rings. The van der Waals surface area contributed by atoms with Crippen molar-refractivity contribution in [2.24, 2.45) is 29.0 Å². The Balaban J connectivity index is 2.59. The van der Waals surface area contributed by atoms with E-state index in [1.165, 1.54) is 0 Å². The van der Waals surface area contributed by atoms with Crippen molar-refractivity contribution < 1.29 is 48.3 Å². The summed E-state index contributed by atoms with van der Waals surface area (Å²) >= 11 is 0. The van der Waals surface area contributed by atoms with E-state index in [4.69, 9.17) is 17.2 Å². The van der Waals surface area contributed by atoms with Crippen LogP contribution in [0.1, 0.15) is 124 Å². The summed E-state index contributed by atoms with van der Waals surface area (Å²) in [5.74, 6) is -6.92. The number of hydrogen-bond donors (Lipinski definition) is 13. The third kappa shape index (κ3) is 24.3. The molecule has 1 heterocycles. The van der Waals surface area contributed by atoms with Crippen LogP contribution in [-0.4, -0.2) is 139 Å². The van der Waals surface area contributed by atoms with Crippen LogP contribution in [0.15, 0.2) is 30.3 Å². The molecular weight excluding hydrogens is 917 g/mol. The zero-order valence-corrected chi connectivity index (χ0v) is 42.4. The third-order valence-electron chi connectivity index (χ3n) is 11.8. The van der Waals surface area contributed by atoms with E-state index < -0.39 is 108 Å². The molecule has 8 atom stereocenters. The molecule has 1 fully saturated rings. The number of hydrogen-bond acceptors (Lipinski definition) is 13. The second-order valence-corrected chi connectivity index (χ2v) is 19.1. The first-order valence-corrected chi connectivity index (χ1v) is 25.3. The zero-order valence-electron chi connectivity index (χ0n) is 42.4. The number of amides is 9. The fourth-order valence-corrected chi connectivity index (χ4v) is 7.93. The summed E-state index contributed by atoms with van der Waals surface area (Å²) in [5.41, 5.74) is 18.3. The lowest BCUT2D eigenvalue weighted by Gasteiger charge is -2.28. The van der Waals surface area contributed by atoms with Gasteiger partial charge < -0.3 is 70.2 Å². The van der Waals surface area contributed by atoms with E-state index in [1.54, 1.807) is 30.3 Å². The molecule has 0 saturated carbocycles. The van der Waals surface area contributed by atoms with Gasteiger partial charge in [0.1, 0.15) is 42.3 Å². The minimum Gasteiger partial charge on any atom is -0.393 e. The summed E-state index contributed by atoms with van der Waals surface area (Å²) in [4.78, 5) is 124. The quantitative estimate of drug-likeness (QED) is 0.0557. The molecule has 0 unspecified atom stereocenters. The lowest BCUT2D eigenvalue weighted by atomic mass is 10.00. The molecule has 1 aliphatic heterocycles. The molecule has 9 amide bonds. The maximum Gasteiger partial charge on any atom is 0.243 e. The zero-order chi connectivity index (χ0) is 52.9. The Labute approximate surface area is 418 Å². The number of nitrogens with one attached hydrogen (secondary N) is 9. The maximum atomic E-state index is 14.3. The number of aliphatic hydroxyl groups is 1. The Morgan fingerprint density at radius 3 is 1.56 bits per heavy atom. The lowest BCUT2D eigenvalue weighted by molar-refractivity contribution is -0.136. The van der Waals surface area contributed by atoms with E-state index in [0.29, 0.717) is 12.0 Å². The van der Waals surface area contributed by atoms with Gasteiger partial charge in [-0.15, -0.1) is 0 Å². The lowest BCUT2D eigenvalue weighted by Crippen LogP contribution is -2.60. The number of carbonyl (C=O) groups excluding carboxylic acids is 9. The van der Waals surface area contributed by atoms with Gasteiger partial charge >= 0.3 is 0 Å². The highest BCUT2D eigenvalue weighted by Gasteiger charge is 2.35. The van der Waals surface area contributed by atoms with Crippen molar-refractivity contribution in [1.82, 2.24) is 47.9 Å². The van der Waals surface area contributed by atoms with Crippen LogP contribution in [0.5, 0.6) is 0 Å². The van der Waals surface area contributed by atoms with Gasteiger partial charge in [0.25, 0.3) is 0 Å². The minimum atomic E-state index is -1.41. The van der Waals surface area contributed by atoms with Crippen molar-refractivity contribution in [3.05, 3.63) is 35.9 Å². The van der Waals surface area contributed by atoms with Crippen molar-refractivity contribution in [2.75, 3.05) is 32.7 Å². The largest absolute Gasteiger partial charge is 0.393 e. The Kier molecular flexibility index (Phi) is 29.2. The van der Waals surface area contributed by atoms with Crippen molar-refractivity contribution >= 4 is 53.2 Å². The van der Waals surface area contributed by atoms with E-state index in [1.807, 2.05) is 27.7 Å². The average Bonchev–Trinajstić information content (AvgIpc) is 3.31. The molecule has 1 aromatic carbocycles. The number of carbonyl (C=O) groups is 9. The van der Waals surface area contributed by atoms with Gasteiger partial charge in [0.05, 0.1) is 19.1 Å². The van der Waals surface area contributed by atoms with Crippen LogP contribution in [0, 0.1) is 11.8 Å². The highest BCUT2D eigenvalue weighted by atomic mass is 16.3. The first kappa shape index (κ1) is 61.4. The summed E-state index contributed by atoms with van der Waals surface area (Å²) in [7, 11) is 0. The van der Waals surface area contributed by atoms with Crippen molar-refractivity contribution in [1.29, 1.82) is 0 Å². The second-order valence-electron chi connectivity index (χ2n) is 19.1. The average molecular weight is 1000 g/mol. The number of aliphatic hydroxyl groups excluding tert-OH is 1. The van der Waals surface area contributed by atoms with Crippen LogP contribution in [0.25, 0.3) is 0 Å². The molecule has 0 spiro atoms. The van der Waals surface area contributed by atoms with Gasteiger partial charge in [-0.05, 0) is 82.0 Å². The molecule has 22 nitrogen and oxygen atoms in total. The van der Waals surface area contributed by atoms with E-state index in [9.17, 15) is 48.3 Å². The van der Waals surface area contributed by atoms with Crippen molar-refractivity contribution in [3.63, 3.8) is 0 Å². The molecule has 71 heavy (non-hydrogen) atoms. The van der Waals surface area contributed by atoms with Gasteiger partial charge in [-0.2, -0.15) is 0 Å². The van der Waals surface area contributed by atoms with Crippen LogP contribution in [0.2, 0.25) is 0 Å². The number of benzene rings is 1. The predicted octanol–water partition coefficient (Wildman–Crippen LogP) is -1.49. The number of nitrogens with two attached hydrogens (primary N) is 3. The highest BCUT2D eigenvalue weighted by molar-refractivity contribution is 5.98. The molecule has 0 aromatic heterocycles. The highest BCUT2D eigenvalue weighted by Crippen LogP contribution is 2.12. The number of rotatable bonds is 23. The van der Waals surface area contributed by atoms with Crippen molar-refractivity contribution in [3.8, 4) is 0 Å². The van der Waals surface area contributed by atoms with E-state index in [2.05, 4.69) is 54.8 Å². The predicted molar refractivity (Wildman–Crippen MR) is 268 cm³/mol. The second kappa shape index (κ2) is 33.8. The number of unbranched alkanes of at least 4 members (excludes halogenated alkanes) is 4. The Hall–Kier alpha value is -5.71. The summed E-state index contributed by atoms with van der Waals surface area (Å²) in [6.45, 7) is 8.45. The Morgan fingerprint density at radius 2 is 1.06 bits per heavy atom. The normalized spacial score (nSPS) is 23.0. The van der Waals surface area contributed by atoms with Crippen LogP contribution in [-0.2, 0) is 49.6 Å². The van der Waals surface area contributed by atoms with Gasteiger partial charge in [0.15, 0.2) is 0 Å². The summed E-state index contributed by atoms with van der Waals surface area (Å²) < 4.78 is 0. The third-order valence-corrected chi connectivity index (χ3v) is 11.8. The Bertz CT molecular complexity index is 1860. The molecule has 400 valence electrons. The molecule has 22 heteroatoms. The maximum absolute atomic E-state index is 14.3. The standard InChI is InChI=1S/C49H84N12O10/c1-6-7-8-9-13-16-33(62)28-41(63)54-29-42(64)55-37-20-24-53-43(65)38(25-30(2)3)59-45(67)35(18-22-51)56-44(66)34(17-21-50)58-48(70)39(26-31(4)5)60-49(71)40(27-32-14-11-10-12-15-32)61-46(68)36(19-23-52)57-47(37)69/h10-12,14-15,30-31,33-40,62H,6-9,13,16-29,50-52H2,1-5H3,(H,53,65)(H,54,63)(H,55,64)(H,56,66)(H,57,69)(H,58,70)(H,59,67)(H,60,71)(H,61,68)/t33-,34+,35+,36+,37+,38+,39+,40-/m1/s1. The monoisotopic (exact) mass is 1000 g/mol. The van der Waals surface area contributed by atoms with E-state index in [0.717, 1.165) is 32.1 Å². The molecule has 0 bridgehead atoms. The molecule has 0 aliphatic carbocycles. The van der Waals surface area contributed by atoms with Gasteiger partial charge in [0, 0.05) is 13.0 Å². The van der Waals surface area contributed by atoms with Gasteiger partial charge in [0.2, 0.25) is 53.2 Å². The van der Waals surface area contributed by atoms with Gasteiger partial charge in [-0.1, -0.05) is 97.1 Å². The SMILES string of the molecule is CCCCCCC[C@@H](O)CC(=O)NCC(=O)N[C@H]1CCNC(=O)[C@H](CC(C)C)NC(=O)[C@H](CCN)NC(=O)[C@H](CCN)NC(=O)[C@H](CC(C)C)NC(=O)[C@@H](Cc2ccccc2)NC(=O)[C@H](CCN)NC1=O. The fraction of sp³-hybridized carbons (Fsp3) is 0.694. The van der Waals surface area contributed by atoms with Crippen LogP contribution in [0.3, 0.4) is 0 Å². The topological polar surface area (TPSA) is 360 Å². The molecule has 16 N–H and O–H groups in total. The van der Waals surface area contributed by atoms with E-state index >= 15 is 0 Å². The fourth-order valence-electron chi connectivity index (χ4n) is 7.93. The van der Waals surface area contributed by atoms with Gasteiger partial charge in [-0.3, -0.25) is 43.2 Å². The van der Waals surface area contributed by atoms with E-state index in [-0.39, 0.29) is 89.4 Å². The van der Waals surface area contributed by atoms with Crippen LogP contribution >= 0.6 is 0 Å². The summed E-state index contributed by atoms with van der Waals surface area (Å²) in [5, 5.41) is 34.3. The molecular formula is C49H84N12O10. The Morgan fingerprint density at radius 1 is 0.606 bits per heavy atom. The summed E-state index contributed by atoms with van der Waals surface area (Å²) in [6, 6.07) is -0.167. The van der Waals surface area contributed by atoms with Crippen molar-refractivity contribution in [2.45, 2.75) is 173 Å². The molecule has 2 rings (SSSR count). The first-order valence-electron chi connectivity index (χ1n) is 25.3. The molecule has 1 saturated heterocycles. The molecule has 0 radical (unpaired) electrons. The minimum absolute atomic E-state index is 0.0390.